The predicted molar refractivity (Wildman–Crippen MR) is 98.1 cm³/mol. The van der Waals surface area contributed by atoms with E-state index in [1.807, 2.05) is 19.9 Å². The zero-order valence-corrected chi connectivity index (χ0v) is 16.2. The Balaban J connectivity index is 1.91. The Bertz CT molecular complexity index is 940. The summed E-state index contributed by atoms with van der Waals surface area (Å²) in [6.07, 6.45) is 0.659. The van der Waals surface area contributed by atoms with Gasteiger partial charge in [0.25, 0.3) is 5.91 Å². The summed E-state index contributed by atoms with van der Waals surface area (Å²) in [4.78, 5) is 27.9. The van der Waals surface area contributed by atoms with E-state index in [0.29, 0.717) is 26.1 Å². The number of rotatable bonds is 6. The van der Waals surface area contributed by atoms with Gasteiger partial charge >= 0.3 is 10.9 Å². The molecule has 0 aliphatic heterocycles. The molecule has 0 fully saturated rings. The second-order valence-corrected chi connectivity index (χ2v) is 8.05. The van der Waals surface area contributed by atoms with Crippen molar-refractivity contribution in [1.29, 1.82) is 0 Å². The summed E-state index contributed by atoms with van der Waals surface area (Å²) in [5.74, 6) is -0.109. The maximum Gasteiger partial charge on any atom is 0.339 e. The van der Waals surface area contributed by atoms with Crippen molar-refractivity contribution in [3.8, 4) is 0 Å². The highest BCUT2D eigenvalue weighted by Gasteiger charge is 2.31. The van der Waals surface area contributed by atoms with E-state index in [4.69, 9.17) is 16.1 Å². The normalized spacial score (nSPS) is 10.9. The molecule has 0 aliphatic rings. The molecule has 0 bridgehead atoms. The van der Waals surface area contributed by atoms with Crippen molar-refractivity contribution in [2.45, 2.75) is 29.3 Å². The van der Waals surface area contributed by atoms with Crippen LogP contribution in [-0.2, 0) is 0 Å². The van der Waals surface area contributed by atoms with Gasteiger partial charge in [-0.2, -0.15) is 0 Å². The molecular weight excluding hydrogens is 396 g/mol. The van der Waals surface area contributed by atoms with Gasteiger partial charge in [0, 0.05) is 31.2 Å². The van der Waals surface area contributed by atoms with E-state index >= 15 is 0 Å². The zero-order valence-electron chi connectivity index (χ0n) is 13.8. The minimum absolute atomic E-state index is 0.00963. The Hall–Kier alpha value is -2.23. The molecule has 2 aromatic heterocycles. The van der Waals surface area contributed by atoms with Crippen LogP contribution in [-0.4, -0.2) is 22.4 Å². The van der Waals surface area contributed by atoms with E-state index < -0.39 is 0 Å². The predicted octanol–water partition coefficient (Wildman–Crippen LogP) is 3.87. The summed E-state index contributed by atoms with van der Waals surface area (Å²) in [7, 11) is 0. The molecule has 26 heavy (non-hydrogen) atoms. The smallest absolute Gasteiger partial charge is 0.297 e. The van der Waals surface area contributed by atoms with E-state index in [2.05, 4.69) is 15.6 Å². The molecule has 1 N–H and O–H groups in total. The molecule has 0 aliphatic carbocycles. The third-order valence-electron chi connectivity index (χ3n) is 3.26. The molecule has 3 aromatic rings. The highest BCUT2D eigenvalue weighted by Crippen LogP contribution is 2.36. The lowest BCUT2D eigenvalue weighted by molar-refractivity contribution is -0.809. The van der Waals surface area contributed by atoms with Gasteiger partial charge in [0.2, 0.25) is 5.27 Å². The van der Waals surface area contributed by atoms with E-state index in [1.165, 1.54) is 11.8 Å². The number of carbonyl (C=O) groups is 2. The summed E-state index contributed by atoms with van der Waals surface area (Å²) in [5, 5.41) is 7.42. The Morgan fingerprint density at radius 3 is 2.73 bits per heavy atom. The van der Waals surface area contributed by atoms with Gasteiger partial charge in [-0.15, -0.1) is 11.3 Å². The summed E-state index contributed by atoms with van der Waals surface area (Å²) >= 11 is 8.31. The van der Waals surface area contributed by atoms with Gasteiger partial charge in [-0.1, -0.05) is 29.8 Å². The van der Waals surface area contributed by atoms with Crippen molar-refractivity contribution >= 4 is 52.8 Å². The Morgan fingerprint density at radius 1 is 1.38 bits per heavy atom. The minimum Gasteiger partial charge on any atom is -0.297 e. The topological polar surface area (TPSA) is 89.0 Å². The molecule has 0 saturated heterocycles. The molecule has 134 valence electrons. The third-order valence-corrected chi connectivity index (χ3v) is 5.76. The highest BCUT2D eigenvalue weighted by molar-refractivity contribution is 8.01. The van der Waals surface area contributed by atoms with Crippen LogP contribution in [0.1, 0.15) is 39.9 Å². The molecule has 1 amide bonds. The number of thiazole rings is 1. The largest absolute Gasteiger partial charge is 0.339 e. The van der Waals surface area contributed by atoms with Crippen LogP contribution in [0.5, 0.6) is 0 Å². The first-order valence-corrected chi connectivity index (χ1v) is 9.58. The molecule has 0 radical (unpaired) electrons. The number of aldehydes is 1. The van der Waals surface area contributed by atoms with Crippen molar-refractivity contribution in [3.63, 3.8) is 0 Å². The van der Waals surface area contributed by atoms with Gasteiger partial charge in [-0.3, -0.25) is 19.4 Å². The molecule has 10 heteroatoms. The van der Waals surface area contributed by atoms with Crippen LogP contribution in [0, 0.1) is 0 Å². The summed E-state index contributed by atoms with van der Waals surface area (Å²) in [6.45, 7) is 3.86. The quantitative estimate of drug-likeness (QED) is 0.491. The van der Waals surface area contributed by atoms with Gasteiger partial charge in [-0.25, -0.2) is 4.98 Å². The van der Waals surface area contributed by atoms with Crippen molar-refractivity contribution < 1.29 is 18.8 Å². The lowest BCUT2D eigenvalue weighted by Gasteiger charge is -2.01. The number of aromatic nitrogens is 3. The fraction of sp³-hybridized carbons (Fsp3) is 0.188. The maximum absolute atomic E-state index is 12.4. The maximum atomic E-state index is 12.4. The van der Waals surface area contributed by atoms with Crippen LogP contribution >= 0.6 is 34.7 Å². The number of hydrogen-bond donors (Lipinski definition) is 1. The lowest BCUT2D eigenvalue weighted by Crippen LogP contribution is -2.39. The summed E-state index contributed by atoms with van der Waals surface area (Å²) in [5.41, 5.74) is 0.497. The molecule has 1 aromatic carbocycles. The number of nitrogens with zero attached hydrogens (tertiary/aromatic N) is 3. The van der Waals surface area contributed by atoms with Gasteiger partial charge in [0.1, 0.15) is 4.88 Å². The third kappa shape index (κ3) is 3.95. The number of benzene rings is 1. The standard InChI is InChI=1S/C16H13ClN4O3S2/c1-9(2)21-15(26-16-18-12(17)11(8-22)25-16)14(24-20-21)19-13(23)10-6-4-3-5-7-10/h3-9H,1-2H3/p+1. The molecule has 0 spiro atoms. The average molecular weight is 410 g/mol. The van der Waals surface area contributed by atoms with Gasteiger partial charge in [0.05, 0.1) is 0 Å². The zero-order chi connectivity index (χ0) is 18.7. The van der Waals surface area contributed by atoms with Crippen molar-refractivity contribution in [3.05, 3.63) is 45.9 Å². The monoisotopic (exact) mass is 409 g/mol. The van der Waals surface area contributed by atoms with Crippen LogP contribution in [0.4, 0.5) is 5.88 Å². The van der Waals surface area contributed by atoms with E-state index in [9.17, 15) is 9.59 Å². The van der Waals surface area contributed by atoms with Crippen molar-refractivity contribution in [1.82, 2.24) is 10.3 Å². The molecular formula is C16H14ClN4O3S2+. The summed E-state index contributed by atoms with van der Waals surface area (Å²) in [6, 6.07) is 8.77. The van der Waals surface area contributed by atoms with Gasteiger partial charge in [0.15, 0.2) is 21.8 Å². The van der Waals surface area contributed by atoms with E-state index in [-0.39, 0.29) is 23.0 Å². The van der Waals surface area contributed by atoms with Crippen LogP contribution in [0.15, 0.2) is 44.2 Å². The number of nitrogens with one attached hydrogen (secondary N) is 1. The molecule has 0 saturated carbocycles. The highest BCUT2D eigenvalue weighted by atomic mass is 35.5. The van der Waals surface area contributed by atoms with Crippen molar-refractivity contribution in [2.75, 3.05) is 5.32 Å². The minimum atomic E-state index is -0.315. The van der Waals surface area contributed by atoms with E-state index in [0.717, 1.165) is 11.3 Å². The Morgan fingerprint density at radius 2 is 2.12 bits per heavy atom. The molecule has 0 unspecified atom stereocenters. The van der Waals surface area contributed by atoms with Crippen LogP contribution in [0.2, 0.25) is 5.15 Å². The first-order valence-electron chi connectivity index (χ1n) is 7.57. The first kappa shape index (κ1) is 18.6. The molecule has 3 rings (SSSR count). The number of anilines is 1. The van der Waals surface area contributed by atoms with Gasteiger partial charge in [-0.05, 0) is 16.8 Å². The number of halogens is 1. The molecule has 0 atom stereocenters. The summed E-state index contributed by atoms with van der Waals surface area (Å²) < 4.78 is 7.49. The Kier molecular flexibility index (Phi) is 5.70. The number of hydrogen-bond acceptors (Lipinski definition) is 7. The van der Waals surface area contributed by atoms with Crippen LogP contribution < -0.4 is 10.00 Å². The van der Waals surface area contributed by atoms with E-state index in [1.54, 1.807) is 28.9 Å². The van der Waals surface area contributed by atoms with Crippen LogP contribution in [0.3, 0.4) is 0 Å². The molecule has 7 nitrogen and oxygen atoms in total. The Labute approximate surface area is 162 Å². The lowest BCUT2D eigenvalue weighted by atomic mass is 10.2. The average Bonchev–Trinajstić information content (AvgIpc) is 3.19. The number of carbonyl (C=O) groups excluding carboxylic acids is 2. The fourth-order valence-electron chi connectivity index (χ4n) is 2.02. The van der Waals surface area contributed by atoms with Crippen LogP contribution in [0.25, 0.3) is 0 Å². The molecule has 2 heterocycles. The SMILES string of the molecule is CC(C)[n+]1noc(NC(=O)c2ccccc2)c1Sc1nc(Cl)c(C=O)s1. The second-order valence-electron chi connectivity index (χ2n) is 5.42. The fourth-order valence-corrected chi connectivity index (χ4v) is 4.36. The van der Waals surface area contributed by atoms with Gasteiger partial charge < -0.3 is 0 Å². The first-order chi connectivity index (χ1) is 12.5. The van der Waals surface area contributed by atoms with Crippen molar-refractivity contribution in [2.24, 2.45) is 0 Å². The second kappa shape index (κ2) is 7.98. The number of amides is 1.